The molecule has 0 spiro atoms. The molecule has 0 radical (unpaired) electrons. The van der Waals surface area contributed by atoms with Crippen LogP contribution in [0.15, 0.2) is 33.9 Å². The van der Waals surface area contributed by atoms with Crippen molar-refractivity contribution >= 4 is 11.8 Å². The monoisotopic (exact) mass is 274 g/mol. The van der Waals surface area contributed by atoms with Gasteiger partial charge >= 0.3 is 0 Å². The van der Waals surface area contributed by atoms with E-state index in [2.05, 4.69) is 22.0 Å². The van der Waals surface area contributed by atoms with Gasteiger partial charge in [0.25, 0.3) is 11.1 Å². The lowest BCUT2D eigenvalue weighted by atomic mass is 10.2. The van der Waals surface area contributed by atoms with Crippen molar-refractivity contribution in [1.29, 1.82) is 0 Å². The lowest BCUT2D eigenvalue weighted by Crippen LogP contribution is -1.95. The average Bonchev–Trinajstić information content (AvgIpc) is 2.85. The van der Waals surface area contributed by atoms with Gasteiger partial charge in [-0.1, -0.05) is 29.8 Å². The van der Waals surface area contributed by atoms with Crippen molar-refractivity contribution < 1.29 is 9.15 Å². The van der Waals surface area contributed by atoms with Crippen molar-refractivity contribution in [3.8, 4) is 17.6 Å². The summed E-state index contributed by atoms with van der Waals surface area (Å²) in [6, 6.07) is 7.82. The highest BCUT2D eigenvalue weighted by Gasteiger charge is 2.06. The minimum absolute atomic E-state index is 0.274. The van der Waals surface area contributed by atoms with Gasteiger partial charge in [-0.15, -0.1) is 16.1 Å². The molecule has 19 heavy (non-hydrogen) atoms. The van der Waals surface area contributed by atoms with Gasteiger partial charge in [-0.2, -0.15) is 0 Å². The maximum atomic E-state index is 5.58. The fourth-order valence-corrected chi connectivity index (χ4v) is 1.97. The molecule has 0 aliphatic carbocycles. The highest BCUT2D eigenvalue weighted by atomic mass is 32.2. The fraction of sp³-hybridized carbons (Fsp3) is 0.286. The predicted octanol–water partition coefficient (Wildman–Crippen LogP) is 3.07. The van der Waals surface area contributed by atoms with Crippen LogP contribution in [0, 0.1) is 18.8 Å². The van der Waals surface area contributed by atoms with Gasteiger partial charge in [0, 0.05) is 0 Å². The molecule has 0 aliphatic rings. The predicted molar refractivity (Wildman–Crippen MR) is 74.0 cm³/mol. The molecule has 0 unspecified atom stereocenters. The van der Waals surface area contributed by atoms with Gasteiger partial charge in [0.05, 0.1) is 5.75 Å². The molecule has 5 heteroatoms. The molecule has 0 fully saturated rings. The topological polar surface area (TPSA) is 48.2 Å². The molecule has 1 aromatic carbocycles. The molecule has 0 aliphatic heterocycles. The highest BCUT2D eigenvalue weighted by Crippen LogP contribution is 2.17. The first kappa shape index (κ1) is 13.5. The summed E-state index contributed by atoms with van der Waals surface area (Å²) in [5, 5.41) is 8.36. The fourth-order valence-electron chi connectivity index (χ4n) is 1.38. The van der Waals surface area contributed by atoms with E-state index in [1.54, 1.807) is 6.92 Å². The van der Waals surface area contributed by atoms with Crippen LogP contribution in [-0.4, -0.2) is 16.0 Å². The largest absolute Gasteiger partial charge is 0.484 e. The molecular formula is C14H14N2O2S. The van der Waals surface area contributed by atoms with Crippen molar-refractivity contribution in [2.75, 3.05) is 5.75 Å². The van der Waals surface area contributed by atoms with Crippen LogP contribution in [0.5, 0.6) is 5.75 Å². The minimum Gasteiger partial charge on any atom is -0.484 e. The number of aromatic nitrogens is 2. The van der Waals surface area contributed by atoms with E-state index in [-0.39, 0.29) is 6.61 Å². The third-order valence-corrected chi connectivity index (χ3v) is 2.95. The number of hydrogen-bond donors (Lipinski definition) is 0. The van der Waals surface area contributed by atoms with Crippen molar-refractivity contribution in [2.45, 2.75) is 25.7 Å². The zero-order valence-electron chi connectivity index (χ0n) is 10.8. The summed E-state index contributed by atoms with van der Waals surface area (Å²) in [5.74, 6) is 7.65. The Hall–Kier alpha value is -1.93. The number of hydrogen-bond acceptors (Lipinski definition) is 5. The Morgan fingerprint density at radius 2 is 2.26 bits per heavy atom. The van der Waals surface area contributed by atoms with Crippen LogP contribution in [-0.2, 0) is 6.61 Å². The number of nitrogens with zero attached hydrogens (tertiary/aromatic N) is 2. The molecule has 0 bridgehead atoms. The number of thioether (sulfide) groups is 1. The Bertz CT molecular complexity index is 599. The van der Waals surface area contributed by atoms with Gasteiger partial charge in [0.2, 0.25) is 0 Å². The van der Waals surface area contributed by atoms with E-state index in [0.29, 0.717) is 16.9 Å². The smallest absolute Gasteiger partial charge is 0.277 e. The lowest BCUT2D eigenvalue weighted by Gasteiger charge is -2.03. The first-order valence-corrected chi connectivity index (χ1v) is 6.81. The molecule has 1 heterocycles. The number of aryl methyl sites for hydroxylation is 1. The number of benzene rings is 1. The van der Waals surface area contributed by atoms with Crippen molar-refractivity contribution in [2.24, 2.45) is 0 Å². The Balaban J connectivity index is 1.87. The average molecular weight is 274 g/mol. The van der Waals surface area contributed by atoms with Crippen molar-refractivity contribution in [1.82, 2.24) is 10.2 Å². The second-order valence-corrected chi connectivity index (χ2v) is 4.71. The SMILES string of the molecule is CC#CCSc1nnc(COc2cccc(C)c2)o1. The maximum Gasteiger partial charge on any atom is 0.277 e. The van der Waals surface area contributed by atoms with Gasteiger partial charge in [-0.25, -0.2) is 0 Å². The van der Waals surface area contributed by atoms with Crippen LogP contribution >= 0.6 is 11.8 Å². The molecule has 2 rings (SSSR count). The molecule has 0 saturated heterocycles. The van der Waals surface area contributed by atoms with Crippen LogP contribution in [0.25, 0.3) is 0 Å². The summed E-state index contributed by atoms with van der Waals surface area (Å²) in [6.45, 7) is 4.09. The minimum atomic E-state index is 0.274. The van der Waals surface area contributed by atoms with Gasteiger partial charge in [-0.3, -0.25) is 0 Å². The zero-order chi connectivity index (χ0) is 13.5. The molecule has 0 saturated carbocycles. The lowest BCUT2D eigenvalue weighted by molar-refractivity contribution is 0.252. The third-order valence-electron chi connectivity index (χ3n) is 2.24. The van der Waals surface area contributed by atoms with Crippen molar-refractivity contribution in [3.05, 3.63) is 35.7 Å². The molecular weight excluding hydrogens is 260 g/mol. The van der Waals surface area contributed by atoms with Crippen LogP contribution < -0.4 is 4.74 Å². The van der Waals surface area contributed by atoms with E-state index in [1.807, 2.05) is 31.2 Å². The summed E-state index contributed by atoms with van der Waals surface area (Å²) in [6.07, 6.45) is 0. The summed E-state index contributed by atoms with van der Waals surface area (Å²) in [5.41, 5.74) is 1.15. The Labute approximate surface area is 116 Å². The molecule has 0 amide bonds. The van der Waals surface area contributed by atoms with Gasteiger partial charge in [-0.05, 0) is 31.5 Å². The summed E-state index contributed by atoms with van der Waals surface area (Å²) in [7, 11) is 0. The van der Waals surface area contributed by atoms with Crippen LogP contribution in [0.2, 0.25) is 0 Å². The first-order chi connectivity index (χ1) is 9.28. The normalized spacial score (nSPS) is 9.79. The molecule has 2 aromatic rings. The standard InChI is InChI=1S/C14H14N2O2S/c1-3-4-8-19-14-16-15-13(18-14)10-17-12-7-5-6-11(2)9-12/h5-7,9H,8,10H2,1-2H3. The summed E-state index contributed by atoms with van der Waals surface area (Å²) < 4.78 is 11.0. The van der Waals surface area contributed by atoms with E-state index in [9.17, 15) is 0 Å². The van der Waals surface area contributed by atoms with E-state index >= 15 is 0 Å². The molecule has 98 valence electrons. The third kappa shape index (κ3) is 4.34. The Morgan fingerprint density at radius 1 is 1.37 bits per heavy atom. The molecule has 0 atom stereocenters. The highest BCUT2D eigenvalue weighted by molar-refractivity contribution is 7.99. The number of rotatable bonds is 5. The Kier molecular flexibility index (Phi) is 4.87. The molecule has 0 N–H and O–H groups in total. The molecule has 1 aromatic heterocycles. The van der Waals surface area contributed by atoms with Crippen LogP contribution in [0.4, 0.5) is 0 Å². The van der Waals surface area contributed by atoms with Crippen molar-refractivity contribution in [3.63, 3.8) is 0 Å². The van der Waals surface area contributed by atoms with Crippen LogP contribution in [0.1, 0.15) is 18.4 Å². The zero-order valence-corrected chi connectivity index (χ0v) is 11.7. The molecule has 4 nitrogen and oxygen atoms in total. The summed E-state index contributed by atoms with van der Waals surface area (Å²) >= 11 is 1.42. The van der Waals surface area contributed by atoms with Gasteiger partial charge in [0.15, 0.2) is 6.61 Å². The van der Waals surface area contributed by atoms with Gasteiger partial charge in [0.1, 0.15) is 5.75 Å². The number of ether oxygens (including phenoxy) is 1. The van der Waals surface area contributed by atoms with E-state index in [1.165, 1.54) is 11.8 Å². The summed E-state index contributed by atoms with van der Waals surface area (Å²) in [4.78, 5) is 0. The second kappa shape index (κ2) is 6.86. The Morgan fingerprint density at radius 3 is 3.05 bits per heavy atom. The van der Waals surface area contributed by atoms with E-state index < -0.39 is 0 Å². The first-order valence-electron chi connectivity index (χ1n) is 5.82. The second-order valence-electron chi connectivity index (χ2n) is 3.78. The maximum absolute atomic E-state index is 5.58. The van der Waals surface area contributed by atoms with Crippen LogP contribution in [0.3, 0.4) is 0 Å². The van der Waals surface area contributed by atoms with E-state index in [0.717, 1.165) is 11.3 Å². The van der Waals surface area contributed by atoms with E-state index in [4.69, 9.17) is 9.15 Å². The van der Waals surface area contributed by atoms with Gasteiger partial charge < -0.3 is 9.15 Å². The quantitative estimate of drug-likeness (QED) is 0.619.